The lowest BCUT2D eigenvalue weighted by Gasteiger charge is -2.32. The lowest BCUT2D eigenvalue weighted by molar-refractivity contribution is 0.0529. The van der Waals surface area contributed by atoms with Crippen molar-refractivity contribution < 1.29 is 9.13 Å². The van der Waals surface area contributed by atoms with Gasteiger partial charge in [0, 0.05) is 13.1 Å². The van der Waals surface area contributed by atoms with Crippen LogP contribution in [0.5, 0.6) is 0 Å². The number of nitrogens with zero attached hydrogens (tertiary/aromatic N) is 2. The molecule has 1 aliphatic rings. The number of hydrogen-bond donors (Lipinski definition) is 0. The molecule has 82 valence electrons. The fourth-order valence-corrected chi connectivity index (χ4v) is 2.02. The van der Waals surface area contributed by atoms with Crippen molar-refractivity contribution in [1.82, 2.24) is 4.98 Å². The lowest BCUT2D eigenvalue weighted by atomic mass is 10.3. The molecule has 0 spiro atoms. The molecule has 15 heavy (non-hydrogen) atoms. The van der Waals surface area contributed by atoms with Gasteiger partial charge in [-0.3, -0.25) is 0 Å². The smallest absolute Gasteiger partial charge is 0.154 e. The molecule has 0 saturated carbocycles. The molecule has 0 N–H and O–H groups in total. The van der Waals surface area contributed by atoms with Gasteiger partial charge in [-0.25, -0.2) is 9.37 Å². The molecule has 0 amide bonds. The quantitative estimate of drug-likeness (QED) is 0.740. The van der Waals surface area contributed by atoms with E-state index in [0.29, 0.717) is 10.2 Å². The Kier molecular flexibility index (Phi) is 3.40. The van der Waals surface area contributed by atoms with Gasteiger partial charge in [-0.15, -0.1) is 0 Å². The molecule has 0 aliphatic carbocycles. The predicted octanol–water partition coefficient (Wildman–Crippen LogP) is 2.05. The maximum Gasteiger partial charge on any atom is 0.154 e. The fourth-order valence-electron chi connectivity index (χ4n) is 1.60. The van der Waals surface area contributed by atoms with Gasteiger partial charge in [0.2, 0.25) is 0 Å². The molecular weight excluding hydrogens is 310 g/mol. The van der Waals surface area contributed by atoms with E-state index in [1.807, 2.05) is 29.5 Å². The summed E-state index contributed by atoms with van der Waals surface area (Å²) in [6.07, 6.45) is 1.49. The molecule has 1 atom stereocenters. The molecule has 0 bridgehead atoms. The Bertz CT molecular complexity index is 361. The standard InChI is InChI=1S/C10H12FIN2O/c1-7-6-14(2-3-15-7)10-4-9(12)8(11)5-13-10/h4-5,7H,2-3,6H2,1H3/t7-/m0/s1. The third kappa shape index (κ3) is 2.57. The highest BCUT2D eigenvalue weighted by Gasteiger charge is 2.18. The van der Waals surface area contributed by atoms with Crippen LogP contribution in [-0.2, 0) is 4.74 Å². The van der Waals surface area contributed by atoms with Crippen LogP contribution in [0.25, 0.3) is 0 Å². The Morgan fingerprint density at radius 3 is 3.13 bits per heavy atom. The number of anilines is 1. The van der Waals surface area contributed by atoms with Crippen molar-refractivity contribution >= 4 is 28.4 Å². The molecule has 2 rings (SSSR count). The number of rotatable bonds is 1. The molecule has 1 aliphatic heterocycles. The van der Waals surface area contributed by atoms with Crippen LogP contribution in [-0.4, -0.2) is 30.8 Å². The van der Waals surface area contributed by atoms with Crippen LogP contribution >= 0.6 is 22.6 Å². The van der Waals surface area contributed by atoms with Gasteiger partial charge in [-0.05, 0) is 35.6 Å². The van der Waals surface area contributed by atoms with Gasteiger partial charge in [0.1, 0.15) is 5.82 Å². The maximum atomic E-state index is 13.0. The van der Waals surface area contributed by atoms with Crippen molar-refractivity contribution in [1.29, 1.82) is 0 Å². The van der Waals surface area contributed by atoms with Crippen molar-refractivity contribution in [2.75, 3.05) is 24.6 Å². The van der Waals surface area contributed by atoms with Gasteiger partial charge in [-0.2, -0.15) is 0 Å². The first-order valence-electron chi connectivity index (χ1n) is 4.84. The van der Waals surface area contributed by atoms with E-state index in [1.165, 1.54) is 6.20 Å². The zero-order valence-corrected chi connectivity index (χ0v) is 10.6. The number of halogens is 2. The second kappa shape index (κ2) is 4.61. The number of hydrogen-bond acceptors (Lipinski definition) is 3. The van der Waals surface area contributed by atoms with Crippen molar-refractivity contribution in [2.24, 2.45) is 0 Å². The molecule has 1 fully saturated rings. The first-order valence-corrected chi connectivity index (χ1v) is 5.92. The van der Waals surface area contributed by atoms with Gasteiger partial charge in [-0.1, -0.05) is 0 Å². The first-order chi connectivity index (χ1) is 7.16. The minimum atomic E-state index is -0.263. The van der Waals surface area contributed by atoms with Crippen LogP contribution in [0.15, 0.2) is 12.3 Å². The molecule has 5 heteroatoms. The predicted molar refractivity (Wildman–Crippen MR) is 64.5 cm³/mol. The summed E-state index contributed by atoms with van der Waals surface area (Å²) in [6.45, 7) is 4.37. The van der Waals surface area contributed by atoms with Crippen LogP contribution in [0.4, 0.5) is 10.2 Å². The van der Waals surface area contributed by atoms with Gasteiger partial charge in [0.25, 0.3) is 0 Å². The molecule has 2 heterocycles. The van der Waals surface area contributed by atoms with E-state index >= 15 is 0 Å². The summed E-state index contributed by atoms with van der Waals surface area (Å²) in [5, 5.41) is 0. The molecule has 1 saturated heterocycles. The minimum Gasteiger partial charge on any atom is -0.375 e. The molecule has 1 aromatic heterocycles. The molecule has 0 radical (unpaired) electrons. The van der Waals surface area contributed by atoms with Gasteiger partial charge < -0.3 is 9.64 Å². The van der Waals surface area contributed by atoms with Gasteiger partial charge >= 0.3 is 0 Å². The minimum absolute atomic E-state index is 0.211. The summed E-state index contributed by atoms with van der Waals surface area (Å²) >= 11 is 1.98. The topological polar surface area (TPSA) is 25.4 Å². The van der Waals surface area contributed by atoms with Crippen molar-refractivity contribution in [3.05, 3.63) is 21.7 Å². The Balaban J connectivity index is 2.18. The molecule has 0 aromatic carbocycles. The normalized spacial score (nSPS) is 21.8. The largest absolute Gasteiger partial charge is 0.375 e. The number of morpholine rings is 1. The van der Waals surface area contributed by atoms with Gasteiger partial charge in [0.05, 0.1) is 22.5 Å². The third-order valence-electron chi connectivity index (χ3n) is 2.36. The van der Waals surface area contributed by atoms with Crippen LogP contribution in [0.1, 0.15) is 6.92 Å². The van der Waals surface area contributed by atoms with Gasteiger partial charge in [0.15, 0.2) is 5.82 Å². The molecule has 3 nitrogen and oxygen atoms in total. The Labute approximate surface area is 102 Å². The van der Waals surface area contributed by atoms with Crippen LogP contribution in [0.2, 0.25) is 0 Å². The monoisotopic (exact) mass is 322 g/mol. The molecular formula is C10H12FIN2O. The zero-order chi connectivity index (χ0) is 10.8. The lowest BCUT2D eigenvalue weighted by Crippen LogP contribution is -2.41. The Morgan fingerprint density at radius 1 is 1.67 bits per heavy atom. The van der Waals surface area contributed by atoms with E-state index in [9.17, 15) is 4.39 Å². The average Bonchev–Trinajstić information content (AvgIpc) is 2.22. The summed E-state index contributed by atoms with van der Waals surface area (Å²) in [5.74, 6) is 0.566. The summed E-state index contributed by atoms with van der Waals surface area (Å²) < 4.78 is 19.1. The van der Waals surface area contributed by atoms with Crippen LogP contribution < -0.4 is 4.90 Å². The average molecular weight is 322 g/mol. The number of ether oxygens (including phenoxy) is 1. The molecule has 0 unspecified atom stereocenters. The highest BCUT2D eigenvalue weighted by Crippen LogP contribution is 2.19. The summed E-state index contributed by atoms with van der Waals surface area (Å²) in [5.41, 5.74) is 0. The Morgan fingerprint density at radius 2 is 2.47 bits per heavy atom. The number of aromatic nitrogens is 1. The van der Waals surface area contributed by atoms with E-state index in [0.717, 1.165) is 18.9 Å². The fraction of sp³-hybridized carbons (Fsp3) is 0.500. The second-order valence-electron chi connectivity index (χ2n) is 3.58. The van der Waals surface area contributed by atoms with E-state index in [4.69, 9.17) is 4.74 Å². The number of pyridine rings is 1. The van der Waals surface area contributed by atoms with Crippen molar-refractivity contribution in [3.63, 3.8) is 0 Å². The highest BCUT2D eigenvalue weighted by atomic mass is 127. The first kappa shape index (κ1) is 11.1. The zero-order valence-electron chi connectivity index (χ0n) is 8.41. The highest BCUT2D eigenvalue weighted by molar-refractivity contribution is 14.1. The van der Waals surface area contributed by atoms with Crippen molar-refractivity contribution in [2.45, 2.75) is 13.0 Å². The second-order valence-corrected chi connectivity index (χ2v) is 4.75. The van der Waals surface area contributed by atoms with Crippen LogP contribution in [0.3, 0.4) is 0 Å². The summed E-state index contributed by atoms with van der Waals surface area (Å²) in [7, 11) is 0. The SMILES string of the molecule is C[C@H]1CN(c2cc(I)c(F)cn2)CCO1. The van der Waals surface area contributed by atoms with E-state index in [-0.39, 0.29) is 11.9 Å². The Hall–Kier alpha value is -0.430. The summed E-state index contributed by atoms with van der Waals surface area (Å²) in [6, 6.07) is 1.77. The molecule has 1 aromatic rings. The van der Waals surface area contributed by atoms with Crippen molar-refractivity contribution in [3.8, 4) is 0 Å². The summed E-state index contributed by atoms with van der Waals surface area (Å²) in [4.78, 5) is 6.21. The van der Waals surface area contributed by atoms with Crippen LogP contribution in [0, 0.1) is 9.39 Å². The van der Waals surface area contributed by atoms with E-state index in [1.54, 1.807) is 6.07 Å². The van der Waals surface area contributed by atoms with E-state index < -0.39 is 0 Å². The van der Waals surface area contributed by atoms with E-state index in [2.05, 4.69) is 9.88 Å². The third-order valence-corrected chi connectivity index (χ3v) is 3.19. The maximum absolute atomic E-state index is 13.0.